The lowest BCUT2D eigenvalue weighted by molar-refractivity contribution is 0.669. The molecule has 0 saturated carbocycles. The summed E-state index contributed by atoms with van der Waals surface area (Å²) in [5.74, 6) is 1.85. The molecule has 0 saturated heterocycles. The second kappa shape index (κ2) is 11.4. The quantitative estimate of drug-likeness (QED) is 0.185. The van der Waals surface area contributed by atoms with Crippen molar-refractivity contribution in [1.82, 2.24) is 15.0 Å². The van der Waals surface area contributed by atoms with E-state index in [0.717, 1.165) is 60.5 Å². The minimum Gasteiger partial charge on any atom is -0.456 e. The van der Waals surface area contributed by atoms with Gasteiger partial charge >= 0.3 is 0 Å². The second-order valence-corrected chi connectivity index (χ2v) is 14.3. The zero-order valence-corrected chi connectivity index (χ0v) is 28.6. The predicted octanol–water partition coefficient (Wildman–Crippen LogP) is 13.1. The van der Waals surface area contributed by atoms with Gasteiger partial charge in [0.15, 0.2) is 17.5 Å². The Morgan fingerprint density at radius 1 is 0.385 bits per heavy atom. The van der Waals surface area contributed by atoms with Crippen molar-refractivity contribution in [1.29, 1.82) is 0 Å². The van der Waals surface area contributed by atoms with Crippen molar-refractivity contribution in [2.75, 3.05) is 0 Å². The first kappa shape index (κ1) is 29.1. The van der Waals surface area contributed by atoms with E-state index in [1.54, 1.807) is 11.3 Å². The zero-order chi connectivity index (χ0) is 34.2. The van der Waals surface area contributed by atoms with Crippen LogP contribution in [0.25, 0.3) is 109 Å². The van der Waals surface area contributed by atoms with Crippen LogP contribution in [0.15, 0.2) is 168 Å². The monoisotopic (exact) mass is 681 g/mol. The first-order chi connectivity index (χ1) is 25.7. The number of nitrogens with zero attached hydrogens (tertiary/aromatic N) is 3. The number of thiophene rings is 1. The molecule has 8 aromatic carbocycles. The maximum Gasteiger partial charge on any atom is 0.165 e. The van der Waals surface area contributed by atoms with Crippen molar-refractivity contribution in [3.8, 4) is 45.3 Å². The van der Waals surface area contributed by atoms with E-state index in [4.69, 9.17) is 19.4 Å². The second-order valence-electron chi connectivity index (χ2n) is 13.2. The molecule has 4 nitrogen and oxygen atoms in total. The van der Waals surface area contributed by atoms with E-state index in [0.29, 0.717) is 17.5 Å². The van der Waals surface area contributed by atoms with E-state index in [2.05, 4.69) is 146 Å². The molecule has 3 heterocycles. The molecule has 3 aromatic heterocycles. The largest absolute Gasteiger partial charge is 0.456 e. The average Bonchev–Trinajstić information content (AvgIpc) is 3.77. The number of furan rings is 1. The van der Waals surface area contributed by atoms with Crippen molar-refractivity contribution in [3.05, 3.63) is 164 Å². The van der Waals surface area contributed by atoms with Crippen LogP contribution in [-0.4, -0.2) is 15.0 Å². The van der Waals surface area contributed by atoms with Gasteiger partial charge in [-0.05, 0) is 75.1 Å². The van der Waals surface area contributed by atoms with E-state index in [-0.39, 0.29) is 0 Å². The molecule has 0 atom stereocenters. The number of aromatic nitrogens is 3. The molecular formula is C47H27N3OS. The van der Waals surface area contributed by atoms with Crippen LogP contribution >= 0.6 is 11.3 Å². The van der Waals surface area contributed by atoms with E-state index in [1.165, 1.54) is 30.9 Å². The highest BCUT2D eigenvalue weighted by molar-refractivity contribution is 7.25. The van der Waals surface area contributed by atoms with Gasteiger partial charge in [0.05, 0.1) is 0 Å². The lowest BCUT2D eigenvalue weighted by atomic mass is 9.93. The molecule has 0 fully saturated rings. The molecule has 0 aliphatic rings. The topological polar surface area (TPSA) is 51.8 Å². The molecule has 0 bridgehead atoms. The maximum atomic E-state index is 6.62. The molecule has 0 spiro atoms. The van der Waals surface area contributed by atoms with E-state index >= 15 is 0 Å². The molecule has 0 aliphatic carbocycles. The summed E-state index contributed by atoms with van der Waals surface area (Å²) in [7, 11) is 0. The summed E-state index contributed by atoms with van der Waals surface area (Å²) in [6.07, 6.45) is 0. The third kappa shape index (κ3) is 4.64. The first-order valence-electron chi connectivity index (χ1n) is 17.3. The lowest BCUT2D eigenvalue weighted by Gasteiger charge is -2.14. The molecule has 11 aromatic rings. The van der Waals surface area contributed by atoms with Gasteiger partial charge in [-0.3, -0.25) is 0 Å². The summed E-state index contributed by atoms with van der Waals surface area (Å²) in [4.78, 5) is 15.8. The predicted molar refractivity (Wildman–Crippen MR) is 217 cm³/mol. The Morgan fingerprint density at radius 3 is 1.88 bits per heavy atom. The van der Waals surface area contributed by atoms with Crippen molar-refractivity contribution >= 4 is 75.0 Å². The summed E-state index contributed by atoms with van der Waals surface area (Å²) >= 11 is 1.79. The number of hydrogen-bond acceptors (Lipinski definition) is 5. The van der Waals surface area contributed by atoms with Gasteiger partial charge in [-0.2, -0.15) is 0 Å². The number of benzene rings is 8. The Bertz CT molecular complexity index is 3200. The van der Waals surface area contributed by atoms with Crippen LogP contribution in [0.4, 0.5) is 0 Å². The molecule has 0 N–H and O–H groups in total. The van der Waals surface area contributed by atoms with Crippen molar-refractivity contribution < 1.29 is 4.42 Å². The van der Waals surface area contributed by atoms with Gasteiger partial charge in [-0.1, -0.05) is 121 Å². The molecule has 0 amide bonds. The van der Waals surface area contributed by atoms with E-state index in [1.807, 2.05) is 18.2 Å². The molecule has 52 heavy (non-hydrogen) atoms. The zero-order valence-electron chi connectivity index (χ0n) is 27.7. The van der Waals surface area contributed by atoms with Crippen molar-refractivity contribution in [2.24, 2.45) is 0 Å². The summed E-state index contributed by atoms with van der Waals surface area (Å²) in [5, 5.41) is 9.17. The fraction of sp³-hybridized carbons (Fsp3) is 0. The third-order valence-electron chi connectivity index (χ3n) is 10.1. The van der Waals surface area contributed by atoms with Crippen molar-refractivity contribution in [2.45, 2.75) is 0 Å². The number of fused-ring (bicyclic) bond motifs is 8. The Morgan fingerprint density at radius 2 is 1.04 bits per heavy atom. The van der Waals surface area contributed by atoms with Gasteiger partial charge in [0, 0.05) is 47.6 Å². The van der Waals surface area contributed by atoms with Crippen LogP contribution in [0.2, 0.25) is 0 Å². The first-order valence-corrected chi connectivity index (χ1v) is 18.2. The van der Waals surface area contributed by atoms with Gasteiger partial charge < -0.3 is 4.42 Å². The molecule has 11 rings (SSSR count). The SMILES string of the molecule is c1ccc(-c2nc(-c3ccc4c(c3)sc3ccccc34)nc(-c3c(-c4ccc5ccccc5c4)ccc4oc5cc6ccccc6cc5c34)n2)cc1. The molecule has 0 aliphatic heterocycles. The Kier molecular flexibility index (Phi) is 6.39. The highest BCUT2D eigenvalue weighted by Crippen LogP contribution is 2.44. The minimum atomic E-state index is 0.602. The van der Waals surface area contributed by atoms with Gasteiger partial charge in [-0.25, -0.2) is 15.0 Å². The van der Waals surface area contributed by atoms with Crippen molar-refractivity contribution in [3.63, 3.8) is 0 Å². The number of rotatable bonds is 4. The minimum absolute atomic E-state index is 0.602. The fourth-order valence-corrected chi connectivity index (χ4v) is 8.73. The average molecular weight is 682 g/mol. The van der Waals surface area contributed by atoms with Crippen LogP contribution in [0.3, 0.4) is 0 Å². The Labute approximate surface area is 302 Å². The van der Waals surface area contributed by atoms with Crippen LogP contribution < -0.4 is 0 Å². The van der Waals surface area contributed by atoms with Crippen LogP contribution in [0, 0.1) is 0 Å². The number of hydrogen-bond donors (Lipinski definition) is 0. The van der Waals surface area contributed by atoms with Gasteiger partial charge in [0.25, 0.3) is 0 Å². The fourth-order valence-electron chi connectivity index (χ4n) is 7.58. The normalized spacial score (nSPS) is 11.8. The standard InChI is InChI=1S/C47H27N3OS/c1-2-11-29(12-3-1)45-48-46(34-20-21-37-36-16-8-9-17-41(36)52-42(37)27-34)50-47(49-45)44-35(33-19-18-28-10-4-5-13-30(28)24-33)22-23-39-43(44)38-25-31-14-6-7-15-32(31)26-40(38)51-39/h1-27H. The Balaban J connectivity index is 1.23. The smallest absolute Gasteiger partial charge is 0.165 e. The molecular weight excluding hydrogens is 655 g/mol. The highest BCUT2D eigenvalue weighted by Gasteiger charge is 2.23. The summed E-state index contributed by atoms with van der Waals surface area (Å²) in [5.41, 5.74) is 6.54. The molecule has 242 valence electrons. The van der Waals surface area contributed by atoms with Gasteiger partial charge in [0.2, 0.25) is 0 Å². The Hall–Kier alpha value is -6.69. The van der Waals surface area contributed by atoms with Gasteiger partial charge in [-0.15, -0.1) is 11.3 Å². The van der Waals surface area contributed by atoms with Gasteiger partial charge in [0.1, 0.15) is 11.2 Å². The highest BCUT2D eigenvalue weighted by atomic mass is 32.1. The summed E-state index contributed by atoms with van der Waals surface area (Å²) in [6.45, 7) is 0. The van der Waals surface area contributed by atoms with E-state index < -0.39 is 0 Å². The summed E-state index contributed by atoms with van der Waals surface area (Å²) in [6, 6.07) is 57.5. The lowest BCUT2D eigenvalue weighted by Crippen LogP contribution is -2.01. The third-order valence-corrected chi connectivity index (χ3v) is 11.2. The van der Waals surface area contributed by atoms with E-state index in [9.17, 15) is 0 Å². The molecule has 0 unspecified atom stereocenters. The maximum absolute atomic E-state index is 6.62. The summed E-state index contributed by atoms with van der Waals surface area (Å²) < 4.78 is 9.09. The van der Waals surface area contributed by atoms with Crippen LogP contribution in [0.5, 0.6) is 0 Å². The molecule has 5 heteroatoms. The van der Waals surface area contributed by atoms with Crippen LogP contribution in [0.1, 0.15) is 0 Å². The van der Waals surface area contributed by atoms with Crippen LogP contribution in [-0.2, 0) is 0 Å². The molecule has 0 radical (unpaired) electrons.